The number of hydrogen-bond acceptors (Lipinski definition) is 6. The molecule has 1 atom stereocenters. The number of amides is 1. The quantitative estimate of drug-likeness (QED) is 0.697. The summed E-state index contributed by atoms with van der Waals surface area (Å²) in [5, 5.41) is 0. The van der Waals surface area contributed by atoms with Gasteiger partial charge in [-0.2, -0.15) is 4.31 Å². The van der Waals surface area contributed by atoms with Gasteiger partial charge in [0.1, 0.15) is 28.6 Å². The lowest BCUT2D eigenvalue weighted by molar-refractivity contribution is -0.134. The van der Waals surface area contributed by atoms with Gasteiger partial charge >= 0.3 is 0 Å². The molecule has 1 fully saturated rings. The largest absolute Gasteiger partial charge is 0.497 e. The zero-order valence-corrected chi connectivity index (χ0v) is 18.4. The van der Waals surface area contributed by atoms with E-state index >= 15 is 0 Å². The molecule has 1 amide bonds. The third-order valence-corrected chi connectivity index (χ3v) is 7.54. The average molecular weight is 447 g/mol. The van der Waals surface area contributed by atoms with E-state index in [1.807, 2.05) is 12.1 Å². The fourth-order valence-electron chi connectivity index (χ4n) is 4.12. The number of para-hydroxylation sites is 1. The highest BCUT2D eigenvalue weighted by atomic mass is 32.2. The Labute approximate surface area is 182 Å². The minimum absolute atomic E-state index is 0.0134. The average Bonchev–Trinajstić information content (AvgIpc) is 3.14. The summed E-state index contributed by atoms with van der Waals surface area (Å²) in [6.07, 6.45) is 0.533. The number of benzene rings is 2. The van der Waals surface area contributed by atoms with E-state index in [1.54, 1.807) is 48.4 Å². The van der Waals surface area contributed by atoms with Gasteiger partial charge in [0, 0.05) is 26.6 Å². The Morgan fingerprint density at radius 1 is 1.10 bits per heavy atom. The number of carbonyl (C=O) groups is 1. The van der Waals surface area contributed by atoms with Crippen LogP contribution in [0.2, 0.25) is 0 Å². The van der Waals surface area contributed by atoms with Gasteiger partial charge in [0.15, 0.2) is 0 Å². The van der Waals surface area contributed by atoms with E-state index in [4.69, 9.17) is 14.2 Å². The van der Waals surface area contributed by atoms with Crippen LogP contribution >= 0.6 is 0 Å². The van der Waals surface area contributed by atoms with E-state index in [2.05, 4.69) is 0 Å². The predicted molar refractivity (Wildman–Crippen MR) is 113 cm³/mol. The molecule has 166 valence electrons. The van der Waals surface area contributed by atoms with Crippen LogP contribution < -0.4 is 9.47 Å². The normalized spacial score (nSPS) is 22.6. The van der Waals surface area contributed by atoms with Crippen LogP contribution in [0.5, 0.6) is 11.5 Å². The third-order valence-electron chi connectivity index (χ3n) is 5.71. The van der Waals surface area contributed by atoms with E-state index in [0.29, 0.717) is 31.0 Å². The molecule has 2 aliphatic rings. The molecule has 1 saturated heterocycles. The number of sulfonamides is 1. The van der Waals surface area contributed by atoms with Crippen LogP contribution in [0, 0.1) is 0 Å². The zero-order chi connectivity index (χ0) is 22.1. The fraction of sp³-hybridized carbons (Fsp3) is 0.409. The minimum atomic E-state index is -3.80. The summed E-state index contributed by atoms with van der Waals surface area (Å²) in [7, 11) is -0.732. The van der Waals surface area contributed by atoms with E-state index in [0.717, 1.165) is 5.56 Å². The van der Waals surface area contributed by atoms with Crippen molar-refractivity contribution in [1.82, 2.24) is 9.21 Å². The molecule has 0 N–H and O–H groups in total. The number of fused-ring (bicyclic) bond motifs is 1. The van der Waals surface area contributed by atoms with Crippen LogP contribution in [0.15, 0.2) is 53.4 Å². The first-order valence-corrected chi connectivity index (χ1v) is 11.5. The molecule has 2 aliphatic heterocycles. The minimum Gasteiger partial charge on any atom is -0.497 e. The summed E-state index contributed by atoms with van der Waals surface area (Å²) >= 11 is 0. The van der Waals surface area contributed by atoms with Gasteiger partial charge in [-0.1, -0.05) is 24.3 Å². The van der Waals surface area contributed by atoms with Crippen LogP contribution in [0.1, 0.15) is 12.0 Å². The number of likely N-dealkylation sites (tertiary alicyclic amines) is 1. The first-order chi connectivity index (χ1) is 14.9. The van der Waals surface area contributed by atoms with Gasteiger partial charge in [0.25, 0.3) is 0 Å². The molecular formula is C22H26N2O6S. The first-order valence-electron chi connectivity index (χ1n) is 10.0. The molecule has 0 aromatic heterocycles. The molecule has 1 spiro atoms. The Hall–Kier alpha value is -2.62. The van der Waals surface area contributed by atoms with E-state index < -0.39 is 15.6 Å². The highest BCUT2D eigenvalue weighted by Gasteiger charge is 2.48. The fourth-order valence-corrected chi connectivity index (χ4v) is 5.74. The number of hydrogen-bond donors (Lipinski definition) is 0. The Morgan fingerprint density at radius 3 is 2.55 bits per heavy atom. The summed E-state index contributed by atoms with van der Waals surface area (Å²) in [4.78, 5) is 14.2. The third kappa shape index (κ3) is 4.26. The van der Waals surface area contributed by atoms with Crippen molar-refractivity contribution in [3.63, 3.8) is 0 Å². The van der Waals surface area contributed by atoms with Crippen molar-refractivity contribution in [2.45, 2.75) is 23.5 Å². The van der Waals surface area contributed by atoms with Crippen molar-refractivity contribution < 1.29 is 27.4 Å². The molecule has 0 unspecified atom stereocenters. The second kappa shape index (κ2) is 8.49. The molecule has 2 aromatic carbocycles. The molecule has 8 nitrogen and oxygen atoms in total. The number of ether oxygens (including phenoxy) is 3. The zero-order valence-electron chi connectivity index (χ0n) is 17.6. The molecule has 31 heavy (non-hydrogen) atoms. The smallest absolute Gasteiger partial charge is 0.248 e. The second-order valence-electron chi connectivity index (χ2n) is 7.85. The standard InChI is InChI=1S/C22H26N2O6S/c1-28-14-21(25)23-12-11-22(15-23)16-24(13-17-7-9-18(29-2)10-8-17)31(26,27)20-6-4-3-5-19(20)30-22/h3-10H,11-16H2,1-2H3/t22-/m0/s1. The van der Waals surface area contributed by atoms with Crippen LogP contribution in [-0.4, -0.2) is 69.6 Å². The number of methoxy groups -OCH3 is 2. The molecular weight excluding hydrogens is 420 g/mol. The molecule has 2 heterocycles. The van der Waals surface area contributed by atoms with Crippen LogP contribution in [-0.2, 0) is 26.1 Å². The van der Waals surface area contributed by atoms with Gasteiger partial charge in [-0.25, -0.2) is 8.42 Å². The Bertz CT molecular complexity index is 1060. The van der Waals surface area contributed by atoms with Crippen molar-refractivity contribution in [3.05, 3.63) is 54.1 Å². The van der Waals surface area contributed by atoms with Crippen molar-refractivity contribution in [1.29, 1.82) is 0 Å². The molecule has 9 heteroatoms. The van der Waals surface area contributed by atoms with Gasteiger partial charge in [0.05, 0.1) is 20.2 Å². The summed E-state index contributed by atoms with van der Waals surface area (Å²) in [5.41, 5.74) is 0.0134. The molecule has 0 saturated carbocycles. The Kier molecular flexibility index (Phi) is 5.92. The molecule has 0 bridgehead atoms. The van der Waals surface area contributed by atoms with Crippen LogP contribution in [0.25, 0.3) is 0 Å². The number of rotatable bonds is 5. The predicted octanol–water partition coefficient (Wildman–Crippen LogP) is 1.90. The summed E-state index contributed by atoms with van der Waals surface area (Å²) < 4.78 is 45.0. The van der Waals surface area contributed by atoms with Gasteiger partial charge in [-0.05, 0) is 29.8 Å². The highest BCUT2D eigenvalue weighted by Crippen LogP contribution is 2.39. The maximum absolute atomic E-state index is 13.5. The molecule has 0 aliphatic carbocycles. The summed E-state index contributed by atoms with van der Waals surface area (Å²) in [6.45, 7) is 1.12. The molecule has 2 aromatic rings. The number of carbonyl (C=O) groups excluding carboxylic acids is 1. The highest BCUT2D eigenvalue weighted by molar-refractivity contribution is 7.89. The lowest BCUT2D eigenvalue weighted by Crippen LogP contribution is -2.49. The molecule has 0 radical (unpaired) electrons. The van der Waals surface area contributed by atoms with Gasteiger partial charge in [-0.3, -0.25) is 4.79 Å². The summed E-state index contributed by atoms with van der Waals surface area (Å²) in [6, 6.07) is 14.0. The SMILES string of the molecule is COCC(=O)N1CC[C@]2(C1)CN(Cc1ccc(OC)cc1)S(=O)(=O)c1ccccc1O2. The van der Waals surface area contributed by atoms with Crippen molar-refractivity contribution in [2.24, 2.45) is 0 Å². The van der Waals surface area contributed by atoms with Crippen LogP contribution in [0.4, 0.5) is 0 Å². The topological polar surface area (TPSA) is 85.4 Å². The van der Waals surface area contributed by atoms with Crippen LogP contribution in [0.3, 0.4) is 0 Å². The van der Waals surface area contributed by atoms with Crippen molar-refractivity contribution in [3.8, 4) is 11.5 Å². The second-order valence-corrected chi connectivity index (χ2v) is 9.76. The lowest BCUT2D eigenvalue weighted by atomic mass is 10.0. The lowest BCUT2D eigenvalue weighted by Gasteiger charge is -2.32. The Morgan fingerprint density at radius 2 is 1.84 bits per heavy atom. The van der Waals surface area contributed by atoms with Gasteiger partial charge in [-0.15, -0.1) is 0 Å². The van der Waals surface area contributed by atoms with E-state index in [9.17, 15) is 13.2 Å². The van der Waals surface area contributed by atoms with Gasteiger partial charge in [0.2, 0.25) is 15.9 Å². The Balaban J connectivity index is 1.69. The van der Waals surface area contributed by atoms with Gasteiger partial charge < -0.3 is 19.1 Å². The number of nitrogens with zero attached hydrogens (tertiary/aromatic N) is 2. The summed E-state index contributed by atoms with van der Waals surface area (Å²) in [5.74, 6) is 0.890. The first kappa shape index (κ1) is 21.6. The van der Waals surface area contributed by atoms with E-state index in [-0.39, 0.29) is 30.5 Å². The van der Waals surface area contributed by atoms with Crippen molar-refractivity contribution in [2.75, 3.05) is 40.5 Å². The monoisotopic (exact) mass is 446 g/mol. The maximum Gasteiger partial charge on any atom is 0.248 e. The van der Waals surface area contributed by atoms with Crippen molar-refractivity contribution >= 4 is 15.9 Å². The molecule has 4 rings (SSSR count). The van der Waals surface area contributed by atoms with E-state index in [1.165, 1.54) is 11.4 Å². The maximum atomic E-state index is 13.5.